The Kier molecular flexibility index (Phi) is 4.20. The number of carbonyl (C=O) groups excluding carboxylic acids is 1. The lowest BCUT2D eigenvalue weighted by molar-refractivity contribution is -0.144. The number of hydrogen-bond acceptors (Lipinski definition) is 5. The van der Waals surface area contributed by atoms with Gasteiger partial charge in [-0.1, -0.05) is 0 Å². The fourth-order valence-corrected chi connectivity index (χ4v) is 1.56. The third-order valence-electron chi connectivity index (χ3n) is 2.59. The van der Waals surface area contributed by atoms with Gasteiger partial charge in [-0.05, 0) is 12.1 Å². The summed E-state index contributed by atoms with van der Waals surface area (Å²) in [4.78, 5) is 15.2. The van der Waals surface area contributed by atoms with Gasteiger partial charge in [-0.3, -0.25) is 15.2 Å². The first-order chi connectivity index (χ1) is 10.3. The van der Waals surface area contributed by atoms with Gasteiger partial charge in [-0.25, -0.2) is 0 Å². The molecular formula is C12H11F3N4O3. The van der Waals surface area contributed by atoms with Crippen LogP contribution in [0.4, 0.5) is 19.1 Å². The number of alkyl halides is 3. The fraction of sp³-hybridized carbons (Fsp3) is 0.250. The first-order valence-electron chi connectivity index (χ1n) is 5.87. The summed E-state index contributed by atoms with van der Waals surface area (Å²) in [6, 6.07) is 4.34. The van der Waals surface area contributed by atoms with Gasteiger partial charge in [0.25, 0.3) is 5.91 Å². The standard InChI is InChI=1S/C12H11F3N4O3/c1-21-7-3-6(4-8(5-7)22-2)9(20)16-11-17-10(18-19-11)12(13,14)15/h3-5H,1-2H3,(H2,16,17,18,19,20). The van der Waals surface area contributed by atoms with E-state index in [1.54, 1.807) is 11.2 Å². The second kappa shape index (κ2) is 5.92. The van der Waals surface area contributed by atoms with Crippen molar-refractivity contribution >= 4 is 11.9 Å². The van der Waals surface area contributed by atoms with Crippen LogP contribution in [0.15, 0.2) is 18.2 Å². The smallest absolute Gasteiger partial charge is 0.451 e. The molecule has 0 aliphatic rings. The Morgan fingerprint density at radius 1 is 1.18 bits per heavy atom. The molecule has 0 radical (unpaired) electrons. The van der Waals surface area contributed by atoms with Crippen LogP contribution in [0.25, 0.3) is 0 Å². The van der Waals surface area contributed by atoms with E-state index < -0.39 is 23.9 Å². The fourth-order valence-electron chi connectivity index (χ4n) is 1.56. The molecule has 1 heterocycles. The van der Waals surface area contributed by atoms with E-state index in [-0.39, 0.29) is 5.56 Å². The molecule has 0 unspecified atom stereocenters. The summed E-state index contributed by atoms with van der Waals surface area (Å²) in [6.07, 6.45) is -4.67. The number of nitrogens with zero attached hydrogens (tertiary/aromatic N) is 2. The monoisotopic (exact) mass is 316 g/mol. The molecule has 0 aliphatic carbocycles. The van der Waals surface area contributed by atoms with Crippen LogP contribution in [0.5, 0.6) is 11.5 Å². The van der Waals surface area contributed by atoms with E-state index >= 15 is 0 Å². The van der Waals surface area contributed by atoms with Gasteiger partial charge in [0.15, 0.2) is 0 Å². The average Bonchev–Trinajstić information content (AvgIpc) is 2.95. The summed E-state index contributed by atoms with van der Waals surface area (Å²) in [5, 5.41) is 7.13. The molecule has 10 heteroatoms. The molecule has 2 N–H and O–H groups in total. The van der Waals surface area contributed by atoms with E-state index in [0.717, 1.165) is 0 Å². The van der Waals surface area contributed by atoms with Gasteiger partial charge < -0.3 is 9.47 Å². The van der Waals surface area contributed by atoms with Crippen LogP contribution < -0.4 is 14.8 Å². The van der Waals surface area contributed by atoms with Gasteiger partial charge in [0.2, 0.25) is 11.8 Å². The van der Waals surface area contributed by atoms with Crippen molar-refractivity contribution in [3.8, 4) is 11.5 Å². The Balaban J connectivity index is 2.20. The molecule has 0 fully saturated rings. The maximum Gasteiger partial charge on any atom is 0.451 e. The van der Waals surface area contributed by atoms with Crippen molar-refractivity contribution in [1.29, 1.82) is 0 Å². The van der Waals surface area contributed by atoms with E-state index in [2.05, 4.69) is 15.4 Å². The minimum atomic E-state index is -4.67. The summed E-state index contributed by atoms with van der Waals surface area (Å²) in [6.45, 7) is 0. The number of aromatic amines is 1. The Morgan fingerprint density at radius 3 is 2.23 bits per heavy atom. The van der Waals surface area contributed by atoms with Gasteiger partial charge in [0, 0.05) is 11.6 Å². The lowest BCUT2D eigenvalue weighted by Crippen LogP contribution is -2.14. The molecule has 0 spiro atoms. The summed E-state index contributed by atoms with van der Waals surface area (Å²) in [5.41, 5.74) is 0.120. The molecule has 2 aromatic rings. The van der Waals surface area contributed by atoms with Crippen molar-refractivity contribution in [3.63, 3.8) is 0 Å². The Bertz CT molecular complexity index is 662. The third kappa shape index (κ3) is 3.45. The second-order valence-electron chi connectivity index (χ2n) is 4.06. The van der Waals surface area contributed by atoms with Crippen LogP contribution >= 0.6 is 0 Å². The number of ether oxygens (including phenoxy) is 2. The number of carbonyl (C=O) groups is 1. The van der Waals surface area contributed by atoms with Gasteiger partial charge in [0.1, 0.15) is 11.5 Å². The molecule has 118 valence electrons. The highest BCUT2D eigenvalue weighted by Crippen LogP contribution is 2.26. The molecule has 0 saturated heterocycles. The molecule has 22 heavy (non-hydrogen) atoms. The Morgan fingerprint density at radius 2 is 1.77 bits per heavy atom. The molecule has 0 saturated carbocycles. The van der Waals surface area contributed by atoms with E-state index in [1.165, 1.54) is 26.4 Å². The maximum absolute atomic E-state index is 12.4. The first-order valence-corrected chi connectivity index (χ1v) is 5.87. The number of aromatic nitrogens is 3. The number of amides is 1. The van der Waals surface area contributed by atoms with Gasteiger partial charge in [0.05, 0.1) is 14.2 Å². The topological polar surface area (TPSA) is 89.1 Å². The van der Waals surface area contributed by atoms with Crippen LogP contribution in [-0.2, 0) is 6.18 Å². The SMILES string of the molecule is COc1cc(OC)cc(C(=O)Nc2n[nH]c(C(F)(F)F)n2)c1. The highest BCUT2D eigenvalue weighted by atomic mass is 19.4. The van der Waals surface area contributed by atoms with E-state index in [4.69, 9.17) is 9.47 Å². The number of methoxy groups -OCH3 is 2. The minimum absolute atomic E-state index is 0.120. The molecule has 1 aromatic heterocycles. The number of hydrogen-bond donors (Lipinski definition) is 2. The highest BCUT2D eigenvalue weighted by Gasteiger charge is 2.35. The van der Waals surface area contributed by atoms with Crippen molar-refractivity contribution in [1.82, 2.24) is 15.2 Å². The maximum atomic E-state index is 12.4. The van der Waals surface area contributed by atoms with Gasteiger partial charge >= 0.3 is 6.18 Å². The van der Waals surface area contributed by atoms with Crippen LogP contribution in [0.1, 0.15) is 16.2 Å². The van der Waals surface area contributed by atoms with Crippen molar-refractivity contribution < 1.29 is 27.4 Å². The summed E-state index contributed by atoms with van der Waals surface area (Å²) >= 11 is 0. The van der Waals surface area contributed by atoms with Crippen molar-refractivity contribution in [2.75, 3.05) is 19.5 Å². The zero-order valence-electron chi connectivity index (χ0n) is 11.5. The summed E-state index contributed by atoms with van der Waals surface area (Å²) in [7, 11) is 2.81. The van der Waals surface area contributed by atoms with Crippen molar-refractivity contribution in [3.05, 3.63) is 29.6 Å². The number of rotatable bonds is 4. The number of anilines is 1. The zero-order valence-corrected chi connectivity index (χ0v) is 11.5. The third-order valence-corrected chi connectivity index (χ3v) is 2.59. The van der Waals surface area contributed by atoms with Crippen LogP contribution in [0.3, 0.4) is 0 Å². The molecule has 1 amide bonds. The van der Waals surface area contributed by atoms with Crippen LogP contribution in [0.2, 0.25) is 0 Å². The second-order valence-corrected chi connectivity index (χ2v) is 4.06. The van der Waals surface area contributed by atoms with Crippen molar-refractivity contribution in [2.24, 2.45) is 0 Å². The quantitative estimate of drug-likeness (QED) is 0.901. The Labute approximate surface area is 122 Å². The predicted molar refractivity (Wildman–Crippen MR) is 68.9 cm³/mol. The predicted octanol–water partition coefficient (Wildman–Crippen LogP) is 2.09. The van der Waals surface area contributed by atoms with E-state index in [9.17, 15) is 18.0 Å². The highest BCUT2D eigenvalue weighted by molar-refractivity contribution is 6.03. The van der Waals surface area contributed by atoms with Crippen LogP contribution in [-0.4, -0.2) is 35.3 Å². The van der Waals surface area contributed by atoms with Gasteiger partial charge in [-0.2, -0.15) is 18.2 Å². The molecule has 2 rings (SSSR count). The van der Waals surface area contributed by atoms with Gasteiger partial charge in [-0.15, -0.1) is 5.10 Å². The molecule has 0 atom stereocenters. The normalized spacial score (nSPS) is 11.1. The first kappa shape index (κ1) is 15.6. The number of H-pyrrole nitrogens is 1. The van der Waals surface area contributed by atoms with E-state index in [1.807, 2.05) is 0 Å². The molecule has 7 nitrogen and oxygen atoms in total. The number of nitrogens with one attached hydrogen (secondary N) is 2. The average molecular weight is 316 g/mol. The number of halogens is 3. The number of benzene rings is 1. The van der Waals surface area contributed by atoms with Crippen molar-refractivity contribution in [2.45, 2.75) is 6.18 Å². The summed E-state index contributed by atoms with van der Waals surface area (Å²) in [5.74, 6) is -1.78. The molecule has 0 aliphatic heterocycles. The summed E-state index contributed by atoms with van der Waals surface area (Å²) < 4.78 is 47.1. The molecular weight excluding hydrogens is 305 g/mol. The Hall–Kier alpha value is -2.78. The van der Waals surface area contributed by atoms with E-state index in [0.29, 0.717) is 11.5 Å². The zero-order chi connectivity index (χ0) is 16.3. The molecule has 0 bridgehead atoms. The minimum Gasteiger partial charge on any atom is -0.497 e. The lowest BCUT2D eigenvalue weighted by atomic mass is 10.2. The largest absolute Gasteiger partial charge is 0.497 e. The lowest BCUT2D eigenvalue weighted by Gasteiger charge is -2.07. The molecule has 1 aromatic carbocycles. The van der Waals surface area contributed by atoms with Crippen LogP contribution in [0, 0.1) is 0 Å².